The lowest BCUT2D eigenvalue weighted by atomic mass is 10.1. The van der Waals surface area contributed by atoms with E-state index in [1.807, 2.05) is 41.5 Å². The van der Waals surface area contributed by atoms with E-state index in [2.05, 4.69) is 26.6 Å². The molecule has 0 spiro atoms. The maximum Gasteiger partial charge on any atom is 0.407 e. The largest absolute Gasteiger partial charge is 0.444 e. The zero-order valence-corrected chi connectivity index (χ0v) is 20.2. The van der Waals surface area contributed by atoms with Crippen molar-refractivity contribution in [2.24, 2.45) is 0 Å². The number of carbonyl (C=O) groups is 2. The van der Waals surface area contributed by atoms with Crippen LogP contribution in [0.25, 0.3) is 0 Å². The summed E-state index contributed by atoms with van der Waals surface area (Å²) in [4.78, 5) is 24.0. The van der Waals surface area contributed by atoms with Crippen LogP contribution < -0.4 is 10.6 Å². The lowest BCUT2D eigenvalue weighted by molar-refractivity contribution is 0.0460. The summed E-state index contributed by atoms with van der Waals surface area (Å²) in [5.74, 6) is 0. The van der Waals surface area contributed by atoms with Gasteiger partial charge in [-0.15, -0.1) is 0 Å². The molecule has 166 valence electrons. The normalized spacial score (nSPS) is 13.0. The smallest absolute Gasteiger partial charge is 0.407 e. The van der Waals surface area contributed by atoms with Crippen LogP contribution in [0, 0.1) is 0 Å². The molecule has 6 nitrogen and oxygen atoms in total. The van der Waals surface area contributed by atoms with Crippen LogP contribution in [0.15, 0.2) is 0 Å². The van der Waals surface area contributed by atoms with Crippen LogP contribution >= 0.6 is 15.9 Å². The van der Waals surface area contributed by atoms with E-state index < -0.39 is 23.4 Å². The summed E-state index contributed by atoms with van der Waals surface area (Å²) in [6, 6.07) is -0.184. The Kier molecular flexibility index (Phi) is 13.6. The number of hydrogen-bond donors (Lipinski definition) is 2. The van der Waals surface area contributed by atoms with Crippen LogP contribution in [0.4, 0.5) is 9.59 Å². The van der Waals surface area contributed by atoms with E-state index >= 15 is 0 Å². The number of nitrogens with one attached hydrogen (secondary N) is 2. The van der Waals surface area contributed by atoms with Gasteiger partial charge in [0.05, 0.1) is 0 Å². The molecule has 0 aliphatic carbocycles. The molecule has 0 radical (unpaired) electrons. The topological polar surface area (TPSA) is 76.7 Å². The molecule has 0 aliphatic heterocycles. The Labute approximate surface area is 180 Å². The van der Waals surface area contributed by atoms with Crippen molar-refractivity contribution in [1.82, 2.24) is 10.6 Å². The van der Waals surface area contributed by atoms with Gasteiger partial charge in [-0.1, -0.05) is 54.5 Å². The first kappa shape index (κ1) is 27.0. The Morgan fingerprint density at radius 3 is 1.75 bits per heavy atom. The van der Waals surface area contributed by atoms with E-state index in [9.17, 15) is 9.59 Å². The SMILES string of the molecule is CC(C)(C)OC(=O)NCC(CCCCCCCCCBr)NC(=O)OC(C)(C)C. The maximum atomic E-state index is 12.1. The van der Waals surface area contributed by atoms with Crippen LogP contribution in [0.1, 0.15) is 92.9 Å². The maximum absolute atomic E-state index is 12.1. The average molecular weight is 465 g/mol. The fourth-order valence-electron chi connectivity index (χ4n) is 2.59. The first-order valence-electron chi connectivity index (χ1n) is 10.5. The highest BCUT2D eigenvalue weighted by Gasteiger charge is 2.21. The Morgan fingerprint density at radius 2 is 1.25 bits per heavy atom. The van der Waals surface area contributed by atoms with Crippen LogP contribution in [0.3, 0.4) is 0 Å². The van der Waals surface area contributed by atoms with Crippen molar-refractivity contribution in [3.05, 3.63) is 0 Å². The number of halogens is 1. The van der Waals surface area contributed by atoms with Gasteiger partial charge in [-0.05, 0) is 54.4 Å². The third-order valence-corrected chi connectivity index (χ3v) is 4.36. The minimum Gasteiger partial charge on any atom is -0.444 e. The molecule has 28 heavy (non-hydrogen) atoms. The van der Waals surface area contributed by atoms with Gasteiger partial charge in [0, 0.05) is 17.9 Å². The van der Waals surface area contributed by atoms with E-state index in [1.54, 1.807) is 0 Å². The molecule has 0 heterocycles. The van der Waals surface area contributed by atoms with Gasteiger partial charge < -0.3 is 20.1 Å². The summed E-state index contributed by atoms with van der Waals surface area (Å²) in [6.07, 6.45) is 8.18. The van der Waals surface area contributed by atoms with Crippen molar-refractivity contribution in [1.29, 1.82) is 0 Å². The van der Waals surface area contributed by atoms with Crippen molar-refractivity contribution in [2.75, 3.05) is 11.9 Å². The lowest BCUT2D eigenvalue weighted by Gasteiger charge is -2.25. The predicted molar refractivity (Wildman–Crippen MR) is 118 cm³/mol. The van der Waals surface area contributed by atoms with E-state index in [0.717, 1.165) is 24.6 Å². The third kappa shape index (κ3) is 18.4. The molecule has 0 saturated carbocycles. The summed E-state index contributed by atoms with van der Waals surface area (Å²) in [7, 11) is 0. The molecule has 0 rings (SSSR count). The highest BCUT2D eigenvalue weighted by Crippen LogP contribution is 2.12. The van der Waals surface area contributed by atoms with Gasteiger partial charge in [-0.2, -0.15) is 0 Å². The van der Waals surface area contributed by atoms with Gasteiger partial charge in [0.25, 0.3) is 0 Å². The van der Waals surface area contributed by atoms with E-state index in [1.165, 1.54) is 32.1 Å². The number of unbranched alkanes of at least 4 members (excludes halogenated alkanes) is 6. The number of alkyl halides is 1. The predicted octanol–water partition coefficient (Wildman–Crippen LogP) is 5.92. The molecule has 0 fully saturated rings. The standard InChI is InChI=1S/C21H41BrN2O4/c1-20(2,3)27-18(25)23-16-17(24-19(26)28-21(4,5)6)14-12-10-8-7-9-11-13-15-22/h17H,7-16H2,1-6H3,(H,23,25)(H,24,26). The molecule has 2 N–H and O–H groups in total. The van der Waals surface area contributed by atoms with Crippen molar-refractivity contribution >= 4 is 28.1 Å². The second kappa shape index (κ2) is 14.1. The molecule has 0 saturated heterocycles. The monoisotopic (exact) mass is 464 g/mol. The number of amides is 2. The highest BCUT2D eigenvalue weighted by molar-refractivity contribution is 9.09. The molecule has 0 aliphatic rings. The molecule has 1 unspecified atom stereocenters. The summed E-state index contributed by atoms with van der Waals surface area (Å²) < 4.78 is 10.6. The van der Waals surface area contributed by atoms with Gasteiger partial charge in [-0.3, -0.25) is 0 Å². The number of ether oxygens (including phenoxy) is 2. The van der Waals surface area contributed by atoms with Crippen molar-refractivity contribution in [2.45, 2.75) is 110 Å². The molecule has 7 heteroatoms. The van der Waals surface area contributed by atoms with Gasteiger partial charge in [0.1, 0.15) is 11.2 Å². The zero-order valence-electron chi connectivity index (χ0n) is 18.7. The lowest BCUT2D eigenvalue weighted by Crippen LogP contribution is -2.46. The van der Waals surface area contributed by atoms with Crippen molar-refractivity contribution in [3.8, 4) is 0 Å². The van der Waals surface area contributed by atoms with Crippen molar-refractivity contribution < 1.29 is 19.1 Å². The Hall–Kier alpha value is -0.980. The molecule has 0 aromatic heterocycles. The Morgan fingerprint density at radius 1 is 0.786 bits per heavy atom. The summed E-state index contributed by atoms with van der Waals surface area (Å²) in [5.41, 5.74) is -1.10. The molecule has 0 aromatic rings. The number of rotatable bonds is 12. The molecule has 1 atom stereocenters. The van der Waals surface area contributed by atoms with E-state index in [0.29, 0.717) is 6.54 Å². The Bertz CT molecular complexity index is 445. The fraction of sp³-hybridized carbons (Fsp3) is 0.905. The second-order valence-corrected chi connectivity index (χ2v) is 9.97. The highest BCUT2D eigenvalue weighted by atomic mass is 79.9. The second-order valence-electron chi connectivity index (χ2n) is 9.18. The molecular weight excluding hydrogens is 424 g/mol. The Balaban J connectivity index is 4.35. The van der Waals surface area contributed by atoms with Gasteiger partial charge in [0.2, 0.25) is 0 Å². The third-order valence-electron chi connectivity index (χ3n) is 3.80. The average Bonchev–Trinajstić information content (AvgIpc) is 2.51. The van der Waals surface area contributed by atoms with Gasteiger partial charge in [-0.25, -0.2) is 9.59 Å². The first-order chi connectivity index (χ1) is 12.9. The minimum absolute atomic E-state index is 0.184. The van der Waals surface area contributed by atoms with Crippen molar-refractivity contribution in [3.63, 3.8) is 0 Å². The van der Waals surface area contributed by atoms with E-state index in [-0.39, 0.29) is 6.04 Å². The molecule has 0 bridgehead atoms. The van der Waals surface area contributed by atoms with Crippen LogP contribution in [-0.4, -0.2) is 41.3 Å². The quantitative estimate of drug-likeness (QED) is 0.277. The summed E-state index contributed by atoms with van der Waals surface area (Å²) in [6.45, 7) is 11.3. The van der Waals surface area contributed by atoms with Gasteiger partial charge in [0.15, 0.2) is 0 Å². The number of hydrogen-bond acceptors (Lipinski definition) is 4. The first-order valence-corrected chi connectivity index (χ1v) is 11.6. The summed E-state index contributed by atoms with van der Waals surface area (Å²) >= 11 is 3.45. The summed E-state index contributed by atoms with van der Waals surface area (Å²) in [5, 5.41) is 6.70. The number of carbonyl (C=O) groups excluding carboxylic acids is 2. The van der Waals surface area contributed by atoms with E-state index in [4.69, 9.17) is 9.47 Å². The molecule has 0 aromatic carbocycles. The van der Waals surface area contributed by atoms with Crippen LogP contribution in [0.5, 0.6) is 0 Å². The van der Waals surface area contributed by atoms with Crippen LogP contribution in [-0.2, 0) is 9.47 Å². The molecular formula is C21H41BrN2O4. The molecule has 2 amide bonds. The van der Waals surface area contributed by atoms with Crippen LogP contribution in [0.2, 0.25) is 0 Å². The fourth-order valence-corrected chi connectivity index (χ4v) is 2.99. The minimum atomic E-state index is -0.553. The zero-order chi connectivity index (χ0) is 21.6. The number of alkyl carbamates (subject to hydrolysis) is 2. The van der Waals surface area contributed by atoms with Gasteiger partial charge >= 0.3 is 12.2 Å².